The van der Waals surface area contributed by atoms with E-state index >= 15 is 0 Å². The molecule has 17 heavy (non-hydrogen) atoms. The molecule has 94 valence electrons. The van der Waals surface area contributed by atoms with E-state index in [2.05, 4.69) is 0 Å². The summed E-state index contributed by atoms with van der Waals surface area (Å²) in [6.07, 6.45) is 3.83. The van der Waals surface area contributed by atoms with Crippen molar-refractivity contribution in [3.63, 3.8) is 0 Å². The molecular formula is C13H16ClFO2. The first kappa shape index (κ1) is 14.0. The zero-order valence-corrected chi connectivity index (χ0v) is 10.4. The van der Waals surface area contributed by atoms with Crippen LogP contribution in [0.3, 0.4) is 0 Å². The summed E-state index contributed by atoms with van der Waals surface area (Å²) < 4.78 is 17.9. The Morgan fingerprint density at radius 1 is 1.24 bits per heavy atom. The van der Waals surface area contributed by atoms with Gasteiger partial charge in [0.25, 0.3) is 0 Å². The molecular weight excluding hydrogens is 243 g/mol. The van der Waals surface area contributed by atoms with Crippen LogP contribution in [0.4, 0.5) is 4.39 Å². The zero-order valence-electron chi connectivity index (χ0n) is 9.62. The maximum absolute atomic E-state index is 12.8. The van der Waals surface area contributed by atoms with Gasteiger partial charge in [0.15, 0.2) is 0 Å². The lowest BCUT2D eigenvalue weighted by atomic mass is 10.2. The van der Waals surface area contributed by atoms with E-state index in [0.29, 0.717) is 12.5 Å². The van der Waals surface area contributed by atoms with Crippen molar-refractivity contribution in [1.82, 2.24) is 0 Å². The van der Waals surface area contributed by atoms with Crippen molar-refractivity contribution in [1.29, 1.82) is 0 Å². The molecule has 0 radical (unpaired) electrons. The third-order valence-corrected chi connectivity index (χ3v) is 2.59. The van der Waals surface area contributed by atoms with E-state index in [4.69, 9.17) is 16.3 Å². The van der Waals surface area contributed by atoms with Gasteiger partial charge in [-0.15, -0.1) is 11.6 Å². The summed E-state index contributed by atoms with van der Waals surface area (Å²) >= 11 is 5.54. The molecule has 1 rings (SSSR count). The van der Waals surface area contributed by atoms with Crippen LogP contribution in [0.2, 0.25) is 0 Å². The highest BCUT2D eigenvalue weighted by Crippen LogP contribution is 2.06. The molecule has 0 amide bonds. The zero-order chi connectivity index (χ0) is 12.5. The second-order valence-corrected chi connectivity index (χ2v) is 4.13. The Morgan fingerprint density at radius 2 is 2.00 bits per heavy atom. The lowest BCUT2D eigenvalue weighted by Crippen LogP contribution is -2.06. The van der Waals surface area contributed by atoms with Gasteiger partial charge in [0.2, 0.25) is 0 Å². The van der Waals surface area contributed by atoms with Gasteiger partial charge in [0, 0.05) is 5.88 Å². The Morgan fingerprint density at radius 3 is 2.71 bits per heavy atom. The summed E-state index contributed by atoms with van der Waals surface area (Å²) in [7, 11) is 0. The highest BCUT2D eigenvalue weighted by atomic mass is 35.5. The number of rotatable bonds is 7. The topological polar surface area (TPSA) is 26.3 Å². The minimum Gasteiger partial charge on any atom is -0.462 e. The second-order valence-electron chi connectivity index (χ2n) is 3.75. The van der Waals surface area contributed by atoms with Crippen molar-refractivity contribution < 1.29 is 13.9 Å². The molecule has 0 aliphatic heterocycles. The van der Waals surface area contributed by atoms with Crippen molar-refractivity contribution in [3.05, 3.63) is 35.6 Å². The summed E-state index contributed by atoms with van der Waals surface area (Å²) in [5.41, 5.74) is 0.255. The first-order valence-corrected chi connectivity index (χ1v) is 6.26. The fourth-order valence-electron chi connectivity index (χ4n) is 1.41. The van der Waals surface area contributed by atoms with Gasteiger partial charge >= 0.3 is 5.97 Å². The predicted molar refractivity (Wildman–Crippen MR) is 65.9 cm³/mol. The monoisotopic (exact) mass is 258 g/mol. The lowest BCUT2D eigenvalue weighted by molar-refractivity contribution is 0.0497. The van der Waals surface area contributed by atoms with E-state index in [1.165, 1.54) is 18.2 Å². The van der Waals surface area contributed by atoms with E-state index in [1.807, 2.05) is 0 Å². The third-order valence-electron chi connectivity index (χ3n) is 2.32. The van der Waals surface area contributed by atoms with Gasteiger partial charge < -0.3 is 4.74 Å². The Balaban J connectivity index is 2.21. The second kappa shape index (κ2) is 8.07. The Bertz CT molecular complexity index is 355. The molecule has 0 saturated heterocycles. The number of alkyl halides is 1. The number of carbonyl (C=O) groups excluding carboxylic acids is 1. The number of hydrogen-bond acceptors (Lipinski definition) is 2. The SMILES string of the molecule is O=C(OCCCCCCCl)c1cccc(F)c1. The Labute approximate surface area is 106 Å². The summed E-state index contributed by atoms with van der Waals surface area (Å²) in [4.78, 5) is 11.5. The largest absolute Gasteiger partial charge is 0.462 e. The quantitative estimate of drug-likeness (QED) is 0.423. The molecule has 1 aromatic rings. The summed E-state index contributed by atoms with van der Waals surface area (Å²) in [6, 6.07) is 5.50. The van der Waals surface area contributed by atoms with E-state index < -0.39 is 11.8 Å². The van der Waals surface area contributed by atoms with Gasteiger partial charge in [-0.3, -0.25) is 0 Å². The van der Waals surface area contributed by atoms with Crippen LogP contribution in [0.25, 0.3) is 0 Å². The molecule has 2 nitrogen and oxygen atoms in total. The molecule has 0 aromatic heterocycles. The maximum Gasteiger partial charge on any atom is 0.338 e. The third kappa shape index (κ3) is 5.68. The lowest BCUT2D eigenvalue weighted by Gasteiger charge is -2.04. The van der Waals surface area contributed by atoms with Crippen LogP contribution in [0.1, 0.15) is 36.0 Å². The molecule has 0 saturated carbocycles. The van der Waals surface area contributed by atoms with Crippen LogP contribution in [0.5, 0.6) is 0 Å². The molecule has 0 N–H and O–H groups in total. The molecule has 0 heterocycles. The van der Waals surface area contributed by atoms with E-state index in [1.54, 1.807) is 6.07 Å². The van der Waals surface area contributed by atoms with Crippen molar-refractivity contribution >= 4 is 17.6 Å². The smallest absolute Gasteiger partial charge is 0.338 e. The van der Waals surface area contributed by atoms with Crippen molar-refractivity contribution in [3.8, 4) is 0 Å². The first-order valence-electron chi connectivity index (χ1n) is 5.72. The maximum atomic E-state index is 12.8. The van der Waals surface area contributed by atoms with Crippen LogP contribution in [0.15, 0.2) is 24.3 Å². The van der Waals surface area contributed by atoms with E-state index in [9.17, 15) is 9.18 Å². The van der Waals surface area contributed by atoms with Crippen molar-refractivity contribution in [2.75, 3.05) is 12.5 Å². The number of carbonyl (C=O) groups is 1. The fourth-order valence-corrected chi connectivity index (χ4v) is 1.60. The van der Waals surface area contributed by atoms with Crippen LogP contribution in [-0.2, 0) is 4.74 Å². The van der Waals surface area contributed by atoms with Crippen molar-refractivity contribution in [2.24, 2.45) is 0 Å². The first-order chi connectivity index (χ1) is 8.24. The Hall–Kier alpha value is -1.09. The number of halogens is 2. The standard InChI is InChI=1S/C13H16ClFO2/c14-8-3-1-2-4-9-17-13(16)11-6-5-7-12(15)10-11/h5-7,10H,1-4,8-9H2. The molecule has 0 atom stereocenters. The van der Waals surface area contributed by atoms with Crippen LogP contribution >= 0.6 is 11.6 Å². The van der Waals surface area contributed by atoms with Crippen LogP contribution in [-0.4, -0.2) is 18.5 Å². The number of ether oxygens (including phenoxy) is 1. The highest BCUT2D eigenvalue weighted by Gasteiger charge is 2.07. The van der Waals surface area contributed by atoms with E-state index in [0.717, 1.165) is 25.7 Å². The number of esters is 1. The summed E-state index contributed by atoms with van der Waals surface area (Å²) in [5.74, 6) is -0.230. The number of hydrogen-bond donors (Lipinski definition) is 0. The highest BCUT2D eigenvalue weighted by molar-refractivity contribution is 6.17. The normalized spacial score (nSPS) is 10.2. The average molecular weight is 259 g/mol. The molecule has 0 aliphatic carbocycles. The molecule has 0 unspecified atom stereocenters. The van der Waals surface area contributed by atoms with Gasteiger partial charge in [-0.2, -0.15) is 0 Å². The minimum atomic E-state index is -0.471. The fraction of sp³-hybridized carbons (Fsp3) is 0.462. The Kier molecular flexibility index (Phi) is 6.63. The van der Waals surface area contributed by atoms with Gasteiger partial charge in [-0.05, 0) is 31.0 Å². The molecule has 0 bridgehead atoms. The van der Waals surface area contributed by atoms with Gasteiger partial charge in [-0.25, -0.2) is 9.18 Å². The van der Waals surface area contributed by atoms with Gasteiger partial charge in [0.1, 0.15) is 5.82 Å². The molecule has 0 spiro atoms. The minimum absolute atomic E-state index is 0.255. The molecule has 0 aliphatic rings. The summed E-state index contributed by atoms with van der Waals surface area (Å²) in [6.45, 7) is 0.373. The molecule has 0 fully saturated rings. The van der Waals surface area contributed by atoms with Gasteiger partial charge in [0.05, 0.1) is 12.2 Å². The van der Waals surface area contributed by atoms with Crippen LogP contribution in [0, 0.1) is 5.82 Å². The van der Waals surface area contributed by atoms with Crippen molar-refractivity contribution in [2.45, 2.75) is 25.7 Å². The molecule has 4 heteroatoms. The average Bonchev–Trinajstić information content (AvgIpc) is 2.33. The predicted octanol–water partition coefficient (Wildman–Crippen LogP) is 3.78. The van der Waals surface area contributed by atoms with Crippen LogP contribution < -0.4 is 0 Å². The number of unbranched alkanes of at least 4 members (excludes halogenated alkanes) is 3. The number of benzene rings is 1. The summed E-state index contributed by atoms with van der Waals surface area (Å²) in [5, 5.41) is 0. The van der Waals surface area contributed by atoms with E-state index in [-0.39, 0.29) is 5.56 Å². The van der Waals surface area contributed by atoms with Gasteiger partial charge in [-0.1, -0.05) is 18.9 Å². The molecule has 1 aromatic carbocycles.